The fraction of sp³-hybridized carbons (Fsp3) is 0.750. The molecule has 3 rings (SSSR count). The molecule has 1 nitrogen and oxygen atoms in total. The van der Waals surface area contributed by atoms with E-state index in [1.165, 1.54) is 38.5 Å². The highest BCUT2D eigenvalue weighted by molar-refractivity contribution is 5.98. The Kier molecular flexibility index (Phi) is 1.47. The second kappa shape index (κ2) is 2.46. The maximum absolute atomic E-state index is 11.9. The van der Waals surface area contributed by atoms with Gasteiger partial charge in [-0.25, -0.2) is 0 Å². The quantitative estimate of drug-likeness (QED) is 0.554. The summed E-state index contributed by atoms with van der Waals surface area (Å²) in [5, 5.41) is 0. The van der Waals surface area contributed by atoms with Gasteiger partial charge >= 0.3 is 0 Å². The van der Waals surface area contributed by atoms with Gasteiger partial charge in [0, 0.05) is 5.41 Å². The summed E-state index contributed by atoms with van der Waals surface area (Å²) in [6, 6.07) is 0. The SMILES string of the molecule is O=C1C=C[C@@H]2CC[C@H]3CCCC[C@]132. The van der Waals surface area contributed by atoms with E-state index < -0.39 is 0 Å². The summed E-state index contributed by atoms with van der Waals surface area (Å²) in [6.07, 6.45) is 11.7. The summed E-state index contributed by atoms with van der Waals surface area (Å²) in [5.74, 6) is 1.80. The Hall–Kier alpha value is -0.590. The zero-order chi connectivity index (χ0) is 8.89. The van der Waals surface area contributed by atoms with Crippen molar-refractivity contribution in [2.75, 3.05) is 0 Å². The standard InChI is InChI=1S/C12H16O/c13-11-7-6-10-5-4-9-3-1-2-8-12(9,10)11/h6-7,9-10H,1-5,8H2/t9-,10+,12+/m1/s1. The van der Waals surface area contributed by atoms with Gasteiger partial charge in [0.1, 0.15) is 0 Å². The monoisotopic (exact) mass is 176 g/mol. The Balaban J connectivity index is 2.03. The van der Waals surface area contributed by atoms with Crippen molar-refractivity contribution in [1.82, 2.24) is 0 Å². The van der Waals surface area contributed by atoms with E-state index in [-0.39, 0.29) is 5.41 Å². The molecule has 70 valence electrons. The van der Waals surface area contributed by atoms with Crippen LogP contribution in [0.25, 0.3) is 0 Å². The van der Waals surface area contributed by atoms with Crippen molar-refractivity contribution in [3.8, 4) is 0 Å². The molecule has 1 spiro atoms. The topological polar surface area (TPSA) is 17.1 Å². The fourth-order valence-corrected chi connectivity index (χ4v) is 3.93. The Morgan fingerprint density at radius 2 is 2.15 bits per heavy atom. The smallest absolute Gasteiger partial charge is 0.162 e. The molecule has 2 saturated carbocycles. The Morgan fingerprint density at radius 1 is 1.23 bits per heavy atom. The maximum atomic E-state index is 11.9. The van der Waals surface area contributed by atoms with Crippen LogP contribution in [0.15, 0.2) is 12.2 Å². The van der Waals surface area contributed by atoms with Crippen LogP contribution in [0, 0.1) is 17.3 Å². The van der Waals surface area contributed by atoms with Crippen molar-refractivity contribution >= 4 is 5.78 Å². The van der Waals surface area contributed by atoms with Crippen LogP contribution in [0.1, 0.15) is 38.5 Å². The van der Waals surface area contributed by atoms with E-state index in [1.807, 2.05) is 6.08 Å². The number of rotatable bonds is 0. The Morgan fingerprint density at radius 3 is 3.08 bits per heavy atom. The first kappa shape index (κ1) is 7.78. The summed E-state index contributed by atoms with van der Waals surface area (Å²) >= 11 is 0. The average Bonchev–Trinajstić information content (AvgIpc) is 2.65. The molecule has 0 aromatic heterocycles. The lowest BCUT2D eigenvalue weighted by Crippen LogP contribution is -2.38. The molecule has 3 aliphatic carbocycles. The number of carbonyl (C=O) groups is 1. The summed E-state index contributed by atoms with van der Waals surface area (Å²) in [7, 11) is 0. The van der Waals surface area contributed by atoms with E-state index >= 15 is 0 Å². The van der Waals surface area contributed by atoms with Gasteiger partial charge in [-0.05, 0) is 43.6 Å². The van der Waals surface area contributed by atoms with Crippen LogP contribution in [-0.4, -0.2) is 5.78 Å². The highest BCUT2D eigenvalue weighted by atomic mass is 16.1. The van der Waals surface area contributed by atoms with Crippen molar-refractivity contribution < 1.29 is 4.79 Å². The Labute approximate surface area is 79.2 Å². The molecule has 0 heterocycles. The summed E-state index contributed by atoms with van der Waals surface area (Å²) in [4.78, 5) is 11.9. The number of ketones is 1. The third-order valence-corrected chi connectivity index (χ3v) is 4.55. The van der Waals surface area contributed by atoms with Crippen LogP contribution in [0.2, 0.25) is 0 Å². The molecule has 0 N–H and O–H groups in total. The molecular weight excluding hydrogens is 160 g/mol. The maximum Gasteiger partial charge on any atom is 0.162 e. The minimum absolute atomic E-state index is 0.109. The molecule has 0 aromatic carbocycles. The fourth-order valence-electron chi connectivity index (χ4n) is 3.93. The molecule has 0 bridgehead atoms. The molecule has 3 aliphatic rings. The zero-order valence-corrected chi connectivity index (χ0v) is 7.96. The summed E-state index contributed by atoms with van der Waals surface area (Å²) in [5.41, 5.74) is 0.109. The summed E-state index contributed by atoms with van der Waals surface area (Å²) < 4.78 is 0. The molecule has 2 fully saturated rings. The van der Waals surface area contributed by atoms with Crippen molar-refractivity contribution in [3.63, 3.8) is 0 Å². The van der Waals surface area contributed by atoms with Gasteiger partial charge in [-0.1, -0.05) is 18.9 Å². The first-order valence-corrected chi connectivity index (χ1v) is 5.57. The molecule has 0 unspecified atom stereocenters. The van der Waals surface area contributed by atoms with Crippen molar-refractivity contribution in [1.29, 1.82) is 0 Å². The molecule has 0 saturated heterocycles. The lowest BCUT2D eigenvalue weighted by Gasteiger charge is -2.38. The lowest BCUT2D eigenvalue weighted by atomic mass is 9.64. The number of allylic oxidation sites excluding steroid dienone is 2. The van der Waals surface area contributed by atoms with Crippen molar-refractivity contribution in [2.24, 2.45) is 17.3 Å². The van der Waals surface area contributed by atoms with Crippen LogP contribution < -0.4 is 0 Å². The lowest BCUT2D eigenvalue weighted by molar-refractivity contribution is -0.128. The molecule has 13 heavy (non-hydrogen) atoms. The van der Waals surface area contributed by atoms with Gasteiger partial charge in [-0.2, -0.15) is 0 Å². The third-order valence-electron chi connectivity index (χ3n) is 4.55. The van der Waals surface area contributed by atoms with Crippen molar-refractivity contribution in [2.45, 2.75) is 38.5 Å². The second-order valence-corrected chi connectivity index (χ2v) is 4.89. The molecule has 0 amide bonds. The molecule has 1 heteroatoms. The molecular formula is C12H16O. The van der Waals surface area contributed by atoms with Gasteiger partial charge in [0.15, 0.2) is 5.78 Å². The van der Waals surface area contributed by atoms with Gasteiger partial charge in [-0.3, -0.25) is 4.79 Å². The predicted molar refractivity (Wildman–Crippen MR) is 51.3 cm³/mol. The summed E-state index contributed by atoms with van der Waals surface area (Å²) in [6.45, 7) is 0. The molecule has 0 radical (unpaired) electrons. The van der Waals surface area contributed by atoms with Gasteiger partial charge in [-0.15, -0.1) is 0 Å². The zero-order valence-electron chi connectivity index (χ0n) is 7.96. The molecule has 0 aromatic rings. The largest absolute Gasteiger partial charge is 0.294 e. The van der Waals surface area contributed by atoms with E-state index in [0.29, 0.717) is 11.7 Å². The highest BCUT2D eigenvalue weighted by Crippen LogP contribution is 2.59. The normalized spacial score (nSPS) is 47.8. The predicted octanol–water partition coefficient (Wildman–Crippen LogP) is 2.71. The van der Waals surface area contributed by atoms with E-state index in [4.69, 9.17) is 0 Å². The van der Waals surface area contributed by atoms with Crippen LogP contribution in [-0.2, 0) is 4.79 Å². The third kappa shape index (κ3) is 0.806. The first-order valence-electron chi connectivity index (χ1n) is 5.57. The minimum Gasteiger partial charge on any atom is -0.294 e. The van der Waals surface area contributed by atoms with Crippen LogP contribution >= 0.6 is 0 Å². The van der Waals surface area contributed by atoms with Crippen LogP contribution in [0.5, 0.6) is 0 Å². The number of hydrogen-bond acceptors (Lipinski definition) is 1. The molecule has 3 atom stereocenters. The number of carbonyl (C=O) groups excluding carboxylic acids is 1. The Bertz CT molecular complexity index is 279. The molecule has 0 aliphatic heterocycles. The first-order chi connectivity index (χ1) is 6.34. The van der Waals surface area contributed by atoms with E-state index in [0.717, 1.165) is 5.92 Å². The van der Waals surface area contributed by atoms with Gasteiger partial charge in [0.25, 0.3) is 0 Å². The van der Waals surface area contributed by atoms with Crippen LogP contribution in [0.3, 0.4) is 0 Å². The van der Waals surface area contributed by atoms with Gasteiger partial charge < -0.3 is 0 Å². The van der Waals surface area contributed by atoms with Crippen molar-refractivity contribution in [3.05, 3.63) is 12.2 Å². The van der Waals surface area contributed by atoms with E-state index in [1.54, 1.807) is 0 Å². The minimum atomic E-state index is 0.109. The average molecular weight is 176 g/mol. The van der Waals surface area contributed by atoms with Gasteiger partial charge in [0.05, 0.1) is 0 Å². The van der Waals surface area contributed by atoms with Crippen LogP contribution in [0.4, 0.5) is 0 Å². The number of hydrogen-bond donors (Lipinski definition) is 0. The van der Waals surface area contributed by atoms with E-state index in [2.05, 4.69) is 6.08 Å². The van der Waals surface area contributed by atoms with E-state index in [9.17, 15) is 4.79 Å². The van der Waals surface area contributed by atoms with Gasteiger partial charge in [0.2, 0.25) is 0 Å². The highest BCUT2D eigenvalue weighted by Gasteiger charge is 2.56. The second-order valence-electron chi connectivity index (χ2n) is 4.89.